The third kappa shape index (κ3) is 3.66. The molecule has 0 saturated carbocycles. The van der Waals surface area contributed by atoms with E-state index in [0.717, 1.165) is 36.8 Å². The van der Waals surface area contributed by atoms with Gasteiger partial charge in [0.2, 0.25) is 10.0 Å². The fraction of sp³-hybridized carbons (Fsp3) is 0.368. The van der Waals surface area contributed by atoms with Crippen molar-refractivity contribution in [1.82, 2.24) is 4.31 Å². The molecule has 0 spiro atoms. The molecule has 0 radical (unpaired) electrons. The quantitative estimate of drug-likeness (QED) is 0.773. The third-order valence-corrected chi connectivity index (χ3v) is 6.67. The van der Waals surface area contributed by atoms with Gasteiger partial charge >= 0.3 is 0 Å². The minimum Gasteiger partial charge on any atom is -0.207 e. The van der Waals surface area contributed by atoms with E-state index < -0.39 is 10.0 Å². The van der Waals surface area contributed by atoms with Crippen LogP contribution in [0.2, 0.25) is 5.02 Å². The number of benzene rings is 2. The lowest BCUT2D eigenvalue weighted by molar-refractivity contribution is 0.329. The van der Waals surface area contributed by atoms with Crippen LogP contribution in [0.3, 0.4) is 0 Å². The second-order valence-electron chi connectivity index (χ2n) is 6.35. The number of halogens is 1. The zero-order chi connectivity index (χ0) is 17.2. The molecule has 3 nitrogen and oxygen atoms in total. The average Bonchev–Trinajstić information content (AvgIpc) is 2.81. The highest BCUT2D eigenvalue weighted by Crippen LogP contribution is 2.35. The smallest absolute Gasteiger partial charge is 0.207 e. The van der Waals surface area contributed by atoms with Crippen molar-refractivity contribution >= 4 is 21.6 Å². The van der Waals surface area contributed by atoms with E-state index in [1.54, 1.807) is 22.5 Å². The standard InChI is InChI=1S/C19H22ClNO2S/c1-15-7-5-8-16(13-15)19-11-3-2-4-12-21(19)24(22,23)18-10-6-9-17(20)14-18/h5-10,13-14,19H,2-4,11-12H2,1H3/t19-/m0/s1. The summed E-state index contributed by atoms with van der Waals surface area (Å²) in [6.07, 6.45) is 3.84. The van der Waals surface area contributed by atoms with Crippen LogP contribution in [0.25, 0.3) is 0 Å². The van der Waals surface area contributed by atoms with E-state index in [2.05, 4.69) is 6.07 Å². The number of hydrogen-bond acceptors (Lipinski definition) is 2. The maximum Gasteiger partial charge on any atom is 0.243 e. The maximum absolute atomic E-state index is 13.2. The summed E-state index contributed by atoms with van der Waals surface area (Å²) >= 11 is 6.01. The molecule has 0 aromatic heterocycles. The molecule has 1 heterocycles. The zero-order valence-corrected chi connectivity index (χ0v) is 15.4. The SMILES string of the molecule is Cc1cccc([C@@H]2CCCCCN2S(=O)(=O)c2cccc(Cl)c2)c1. The molecule has 5 heteroatoms. The normalized spacial score (nSPS) is 19.8. The molecular weight excluding hydrogens is 342 g/mol. The Morgan fingerprint density at radius 3 is 2.58 bits per heavy atom. The van der Waals surface area contributed by atoms with Crippen molar-refractivity contribution in [3.63, 3.8) is 0 Å². The predicted molar refractivity (Wildman–Crippen MR) is 97.7 cm³/mol. The summed E-state index contributed by atoms with van der Waals surface area (Å²) in [5.74, 6) is 0. The lowest BCUT2D eigenvalue weighted by atomic mass is 10.0. The largest absolute Gasteiger partial charge is 0.243 e. The molecular formula is C19H22ClNO2S. The Morgan fingerprint density at radius 2 is 1.83 bits per heavy atom. The highest BCUT2D eigenvalue weighted by molar-refractivity contribution is 7.89. The lowest BCUT2D eigenvalue weighted by Gasteiger charge is -2.29. The summed E-state index contributed by atoms with van der Waals surface area (Å²) in [5, 5.41) is 0.443. The molecule has 24 heavy (non-hydrogen) atoms. The van der Waals surface area contributed by atoms with Crippen LogP contribution in [-0.2, 0) is 10.0 Å². The van der Waals surface area contributed by atoms with Crippen molar-refractivity contribution in [2.75, 3.05) is 6.54 Å². The molecule has 2 aromatic carbocycles. The van der Waals surface area contributed by atoms with Crippen LogP contribution in [0.5, 0.6) is 0 Å². The Hall–Kier alpha value is -1.36. The number of rotatable bonds is 3. The van der Waals surface area contributed by atoms with E-state index in [0.29, 0.717) is 11.6 Å². The second-order valence-corrected chi connectivity index (χ2v) is 8.68. The first-order chi connectivity index (χ1) is 11.5. The van der Waals surface area contributed by atoms with Crippen molar-refractivity contribution in [2.24, 2.45) is 0 Å². The minimum atomic E-state index is -3.57. The average molecular weight is 364 g/mol. The lowest BCUT2D eigenvalue weighted by Crippen LogP contribution is -2.34. The maximum atomic E-state index is 13.2. The predicted octanol–water partition coefficient (Wildman–Crippen LogP) is 4.95. The molecule has 0 unspecified atom stereocenters. The first kappa shape index (κ1) is 17.5. The van der Waals surface area contributed by atoms with Crippen molar-refractivity contribution in [3.05, 3.63) is 64.7 Å². The summed E-state index contributed by atoms with van der Waals surface area (Å²) in [4.78, 5) is 0.273. The van der Waals surface area contributed by atoms with Crippen molar-refractivity contribution < 1.29 is 8.42 Å². The van der Waals surface area contributed by atoms with Crippen LogP contribution in [0.4, 0.5) is 0 Å². The summed E-state index contributed by atoms with van der Waals surface area (Å²) in [6, 6.07) is 14.6. The molecule has 2 aromatic rings. The summed E-state index contributed by atoms with van der Waals surface area (Å²) < 4.78 is 28.1. The molecule has 1 aliphatic rings. The second kappa shape index (κ2) is 7.26. The van der Waals surface area contributed by atoms with Crippen molar-refractivity contribution in [1.29, 1.82) is 0 Å². The fourth-order valence-corrected chi connectivity index (χ4v) is 5.33. The van der Waals surface area contributed by atoms with E-state index in [1.165, 1.54) is 6.07 Å². The highest BCUT2D eigenvalue weighted by atomic mass is 35.5. The van der Waals surface area contributed by atoms with Gasteiger partial charge in [-0.1, -0.05) is 60.3 Å². The van der Waals surface area contributed by atoms with Crippen molar-refractivity contribution in [2.45, 2.75) is 43.5 Å². The van der Waals surface area contributed by atoms with Gasteiger partial charge in [0.1, 0.15) is 0 Å². The van der Waals surface area contributed by atoms with Gasteiger partial charge in [-0.25, -0.2) is 8.42 Å². The Labute approximate surface area is 149 Å². The van der Waals surface area contributed by atoms with E-state index in [-0.39, 0.29) is 10.9 Å². The number of nitrogens with zero attached hydrogens (tertiary/aromatic N) is 1. The van der Waals surface area contributed by atoms with E-state index in [4.69, 9.17) is 11.6 Å². The van der Waals surface area contributed by atoms with Gasteiger partial charge in [-0.2, -0.15) is 4.31 Å². The molecule has 0 aliphatic carbocycles. The van der Waals surface area contributed by atoms with Gasteiger partial charge < -0.3 is 0 Å². The van der Waals surface area contributed by atoms with Crippen LogP contribution >= 0.6 is 11.6 Å². The fourth-order valence-electron chi connectivity index (χ4n) is 3.34. The van der Waals surface area contributed by atoms with E-state index in [1.807, 2.05) is 25.1 Å². The Morgan fingerprint density at radius 1 is 1.04 bits per heavy atom. The van der Waals surface area contributed by atoms with Gasteiger partial charge in [0.25, 0.3) is 0 Å². The van der Waals surface area contributed by atoms with Gasteiger partial charge in [-0.15, -0.1) is 0 Å². The van der Waals surface area contributed by atoms with Gasteiger partial charge in [-0.05, 0) is 43.5 Å². The van der Waals surface area contributed by atoms with E-state index in [9.17, 15) is 8.42 Å². The molecule has 1 aliphatic heterocycles. The van der Waals surface area contributed by atoms with E-state index >= 15 is 0 Å². The van der Waals surface area contributed by atoms with Gasteiger partial charge in [0.05, 0.1) is 10.9 Å². The molecule has 0 N–H and O–H groups in total. The molecule has 0 amide bonds. The van der Waals surface area contributed by atoms with Crippen LogP contribution in [-0.4, -0.2) is 19.3 Å². The van der Waals surface area contributed by atoms with Crippen LogP contribution < -0.4 is 0 Å². The molecule has 1 atom stereocenters. The molecule has 1 saturated heterocycles. The monoisotopic (exact) mass is 363 g/mol. The van der Waals surface area contributed by atoms with Gasteiger partial charge in [0.15, 0.2) is 0 Å². The van der Waals surface area contributed by atoms with Crippen LogP contribution in [0.15, 0.2) is 53.4 Å². The molecule has 1 fully saturated rings. The molecule has 0 bridgehead atoms. The van der Waals surface area contributed by atoms with Crippen LogP contribution in [0, 0.1) is 6.92 Å². The Balaban J connectivity index is 2.04. The third-order valence-electron chi connectivity index (χ3n) is 4.53. The Bertz CT molecular complexity index is 820. The molecule has 128 valence electrons. The summed E-state index contributed by atoms with van der Waals surface area (Å²) in [6.45, 7) is 2.59. The van der Waals surface area contributed by atoms with Crippen LogP contribution in [0.1, 0.15) is 42.9 Å². The first-order valence-electron chi connectivity index (χ1n) is 8.32. The Kier molecular flexibility index (Phi) is 5.28. The van der Waals surface area contributed by atoms with Crippen molar-refractivity contribution in [3.8, 4) is 0 Å². The van der Waals surface area contributed by atoms with Gasteiger partial charge in [-0.3, -0.25) is 0 Å². The topological polar surface area (TPSA) is 37.4 Å². The summed E-state index contributed by atoms with van der Waals surface area (Å²) in [7, 11) is -3.57. The zero-order valence-electron chi connectivity index (χ0n) is 13.8. The minimum absolute atomic E-state index is 0.114. The highest BCUT2D eigenvalue weighted by Gasteiger charge is 2.33. The summed E-state index contributed by atoms with van der Waals surface area (Å²) in [5.41, 5.74) is 2.22. The number of sulfonamides is 1. The molecule has 3 rings (SSSR count). The number of aryl methyl sites for hydroxylation is 1. The first-order valence-corrected chi connectivity index (χ1v) is 10.1. The number of hydrogen-bond donors (Lipinski definition) is 0. The van der Waals surface area contributed by atoms with Gasteiger partial charge in [0, 0.05) is 11.6 Å².